The average Bonchev–Trinajstić information content (AvgIpc) is 2.40. The van der Waals surface area contributed by atoms with Crippen molar-refractivity contribution in [2.24, 2.45) is 0 Å². The summed E-state index contributed by atoms with van der Waals surface area (Å²) in [7, 11) is -1.93. The number of benzene rings is 1. The van der Waals surface area contributed by atoms with Gasteiger partial charge in [-0.15, -0.1) is 0 Å². The maximum absolute atomic E-state index is 11.7. The summed E-state index contributed by atoms with van der Waals surface area (Å²) in [6, 6.07) is 7.05. The first-order chi connectivity index (χ1) is 8.13. The van der Waals surface area contributed by atoms with Crippen LogP contribution in [0.3, 0.4) is 0 Å². The number of nitrogens with one attached hydrogen (secondary N) is 2. The second kappa shape index (κ2) is 5.03. The van der Waals surface area contributed by atoms with Crippen LogP contribution in [-0.4, -0.2) is 41.6 Å². The first-order valence-electron chi connectivity index (χ1n) is 5.63. The normalized spacial score (nSPS) is 17.1. The number of piperazine rings is 1. The number of anilines is 1. The molecule has 0 aliphatic carbocycles. The molecule has 2 N–H and O–H groups in total. The van der Waals surface area contributed by atoms with Gasteiger partial charge in [-0.1, -0.05) is 6.07 Å². The summed E-state index contributed by atoms with van der Waals surface area (Å²) in [4.78, 5) is 2.50. The van der Waals surface area contributed by atoms with E-state index in [0.717, 1.165) is 31.9 Å². The average molecular weight is 255 g/mol. The molecule has 1 fully saturated rings. The third kappa shape index (κ3) is 2.77. The van der Waals surface area contributed by atoms with Crippen LogP contribution in [0.5, 0.6) is 0 Å². The highest BCUT2D eigenvalue weighted by Gasteiger charge is 2.15. The number of hydrogen-bond acceptors (Lipinski definition) is 4. The maximum Gasteiger partial charge on any atom is 0.240 e. The van der Waals surface area contributed by atoms with E-state index in [4.69, 9.17) is 0 Å². The molecule has 1 aromatic carbocycles. The van der Waals surface area contributed by atoms with E-state index in [1.807, 2.05) is 6.07 Å². The third-order valence-corrected chi connectivity index (χ3v) is 4.29. The molecule has 5 nitrogen and oxygen atoms in total. The molecule has 0 unspecified atom stereocenters. The molecule has 6 heteroatoms. The van der Waals surface area contributed by atoms with Gasteiger partial charge in [0.2, 0.25) is 10.0 Å². The monoisotopic (exact) mass is 255 g/mol. The van der Waals surface area contributed by atoms with Crippen LogP contribution in [0, 0.1) is 0 Å². The van der Waals surface area contributed by atoms with Crippen molar-refractivity contribution in [3.63, 3.8) is 0 Å². The summed E-state index contributed by atoms with van der Waals surface area (Å²) in [6.07, 6.45) is 0. The van der Waals surface area contributed by atoms with Gasteiger partial charge in [0.05, 0.1) is 4.90 Å². The van der Waals surface area contributed by atoms with E-state index in [1.54, 1.807) is 18.2 Å². The molecular weight excluding hydrogens is 238 g/mol. The lowest BCUT2D eigenvalue weighted by molar-refractivity contribution is 0.585. The minimum atomic E-state index is -3.35. The number of rotatable bonds is 3. The lowest BCUT2D eigenvalue weighted by Gasteiger charge is -2.29. The fourth-order valence-corrected chi connectivity index (χ4v) is 2.66. The molecule has 1 aliphatic rings. The molecule has 1 saturated heterocycles. The Bertz CT molecular complexity index is 481. The van der Waals surface area contributed by atoms with Crippen LogP contribution in [0.25, 0.3) is 0 Å². The predicted octanol–water partition coefficient (Wildman–Crippen LogP) is 0.00430. The molecule has 2 rings (SSSR count). The summed E-state index contributed by atoms with van der Waals surface area (Å²) in [5.74, 6) is 0. The Morgan fingerprint density at radius 2 is 2.00 bits per heavy atom. The molecule has 0 atom stereocenters. The standard InChI is InChI=1S/C11H17N3O2S/c1-12-17(15,16)11-4-2-3-10(9-11)14-7-5-13-6-8-14/h2-4,9,12-13H,5-8H2,1H3. The topological polar surface area (TPSA) is 61.4 Å². The molecule has 0 radical (unpaired) electrons. The molecule has 1 aliphatic heterocycles. The van der Waals surface area contributed by atoms with Gasteiger partial charge in [0.15, 0.2) is 0 Å². The summed E-state index contributed by atoms with van der Waals surface area (Å²) >= 11 is 0. The van der Waals surface area contributed by atoms with Gasteiger partial charge in [0.1, 0.15) is 0 Å². The highest BCUT2D eigenvalue weighted by Crippen LogP contribution is 2.19. The van der Waals surface area contributed by atoms with Gasteiger partial charge < -0.3 is 10.2 Å². The van der Waals surface area contributed by atoms with Crippen molar-refractivity contribution in [1.29, 1.82) is 0 Å². The zero-order chi connectivity index (χ0) is 12.3. The lowest BCUT2D eigenvalue weighted by Crippen LogP contribution is -2.43. The van der Waals surface area contributed by atoms with Crippen molar-refractivity contribution in [3.05, 3.63) is 24.3 Å². The van der Waals surface area contributed by atoms with E-state index in [9.17, 15) is 8.42 Å². The van der Waals surface area contributed by atoms with Crippen molar-refractivity contribution < 1.29 is 8.42 Å². The fourth-order valence-electron chi connectivity index (χ4n) is 1.89. The van der Waals surface area contributed by atoms with Crippen molar-refractivity contribution in [3.8, 4) is 0 Å². The first kappa shape index (κ1) is 12.3. The Kier molecular flexibility index (Phi) is 3.66. The molecule has 0 amide bonds. The Labute approximate surface area is 102 Å². The molecule has 94 valence electrons. The van der Waals surface area contributed by atoms with E-state index >= 15 is 0 Å². The van der Waals surface area contributed by atoms with E-state index < -0.39 is 10.0 Å². The molecule has 17 heavy (non-hydrogen) atoms. The van der Waals surface area contributed by atoms with Crippen molar-refractivity contribution >= 4 is 15.7 Å². The Morgan fingerprint density at radius 3 is 2.65 bits per heavy atom. The van der Waals surface area contributed by atoms with E-state index in [2.05, 4.69) is 14.9 Å². The van der Waals surface area contributed by atoms with Gasteiger partial charge in [0.25, 0.3) is 0 Å². The van der Waals surface area contributed by atoms with Crippen LogP contribution >= 0.6 is 0 Å². The van der Waals surface area contributed by atoms with Crippen molar-refractivity contribution in [2.75, 3.05) is 38.1 Å². The molecule has 0 saturated carbocycles. The predicted molar refractivity (Wildman–Crippen MR) is 67.8 cm³/mol. The second-order valence-electron chi connectivity index (χ2n) is 3.94. The zero-order valence-corrected chi connectivity index (χ0v) is 10.6. The van der Waals surface area contributed by atoms with Crippen LogP contribution in [0.2, 0.25) is 0 Å². The molecule has 1 heterocycles. The second-order valence-corrected chi connectivity index (χ2v) is 5.83. The molecule has 0 bridgehead atoms. The number of hydrogen-bond donors (Lipinski definition) is 2. The van der Waals surface area contributed by atoms with Crippen LogP contribution in [-0.2, 0) is 10.0 Å². The van der Waals surface area contributed by atoms with Gasteiger partial charge in [-0.05, 0) is 25.2 Å². The SMILES string of the molecule is CNS(=O)(=O)c1cccc(N2CCNCC2)c1. The maximum atomic E-state index is 11.7. The van der Waals surface area contributed by atoms with Gasteiger partial charge >= 0.3 is 0 Å². The summed E-state index contributed by atoms with van der Waals surface area (Å²) in [5, 5.41) is 3.27. The zero-order valence-electron chi connectivity index (χ0n) is 9.81. The highest BCUT2D eigenvalue weighted by molar-refractivity contribution is 7.89. The van der Waals surface area contributed by atoms with Crippen LogP contribution in [0.15, 0.2) is 29.2 Å². The van der Waals surface area contributed by atoms with Crippen molar-refractivity contribution in [2.45, 2.75) is 4.90 Å². The molecule has 1 aromatic rings. The summed E-state index contributed by atoms with van der Waals surface area (Å²) in [5.41, 5.74) is 0.961. The fraction of sp³-hybridized carbons (Fsp3) is 0.455. The van der Waals surface area contributed by atoms with Crippen LogP contribution in [0.4, 0.5) is 5.69 Å². The summed E-state index contributed by atoms with van der Waals surface area (Å²) < 4.78 is 25.7. The third-order valence-electron chi connectivity index (χ3n) is 2.88. The van der Waals surface area contributed by atoms with E-state index in [1.165, 1.54) is 7.05 Å². The van der Waals surface area contributed by atoms with Crippen molar-refractivity contribution in [1.82, 2.24) is 10.0 Å². The minimum absolute atomic E-state index is 0.316. The lowest BCUT2D eigenvalue weighted by atomic mass is 10.2. The van der Waals surface area contributed by atoms with Crippen LogP contribution < -0.4 is 14.9 Å². The van der Waals surface area contributed by atoms with Gasteiger partial charge in [-0.25, -0.2) is 13.1 Å². The summed E-state index contributed by atoms with van der Waals surface area (Å²) in [6.45, 7) is 3.68. The molecular formula is C11H17N3O2S. The number of nitrogens with zero attached hydrogens (tertiary/aromatic N) is 1. The minimum Gasteiger partial charge on any atom is -0.369 e. The smallest absolute Gasteiger partial charge is 0.240 e. The number of sulfonamides is 1. The van der Waals surface area contributed by atoms with Crippen LogP contribution in [0.1, 0.15) is 0 Å². The Balaban J connectivity index is 2.28. The van der Waals surface area contributed by atoms with Gasteiger partial charge in [-0.3, -0.25) is 0 Å². The van der Waals surface area contributed by atoms with E-state index in [-0.39, 0.29) is 0 Å². The Morgan fingerprint density at radius 1 is 1.29 bits per heavy atom. The quantitative estimate of drug-likeness (QED) is 0.798. The van der Waals surface area contributed by atoms with Gasteiger partial charge in [0, 0.05) is 31.9 Å². The van der Waals surface area contributed by atoms with Gasteiger partial charge in [-0.2, -0.15) is 0 Å². The highest BCUT2D eigenvalue weighted by atomic mass is 32.2. The van der Waals surface area contributed by atoms with E-state index in [0.29, 0.717) is 4.90 Å². The molecule has 0 spiro atoms. The molecule has 0 aromatic heterocycles. The largest absolute Gasteiger partial charge is 0.369 e. The first-order valence-corrected chi connectivity index (χ1v) is 7.11. The Hall–Kier alpha value is -1.11.